The number of esters is 1. The molecule has 5 nitrogen and oxygen atoms in total. The Bertz CT molecular complexity index is 438. The molecule has 0 atom stereocenters. The van der Waals surface area contributed by atoms with Gasteiger partial charge in [0.2, 0.25) is 5.91 Å². The van der Waals surface area contributed by atoms with Crippen LogP contribution in [-0.4, -0.2) is 24.5 Å². The number of rotatable bonds is 5. The van der Waals surface area contributed by atoms with Gasteiger partial charge in [-0.05, 0) is 37.1 Å². The Balaban J connectivity index is 1.70. The molecular formula is C13H16N2O3. The van der Waals surface area contributed by atoms with E-state index in [1.807, 2.05) is 0 Å². The Morgan fingerprint density at radius 3 is 2.56 bits per heavy atom. The maximum absolute atomic E-state index is 11.6. The van der Waals surface area contributed by atoms with Crippen LogP contribution in [0.4, 0.5) is 5.69 Å². The Morgan fingerprint density at radius 1 is 1.28 bits per heavy atom. The van der Waals surface area contributed by atoms with E-state index in [0.29, 0.717) is 17.3 Å². The van der Waals surface area contributed by atoms with E-state index in [1.165, 1.54) is 0 Å². The van der Waals surface area contributed by atoms with Crippen LogP contribution in [0.25, 0.3) is 0 Å². The second-order valence-electron chi connectivity index (χ2n) is 4.35. The number of anilines is 1. The SMILES string of the molecule is Nc1ccc(C(=O)OCCC(=O)NC2CC2)cc1. The van der Waals surface area contributed by atoms with E-state index >= 15 is 0 Å². The van der Waals surface area contributed by atoms with Gasteiger partial charge in [-0.1, -0.05) is 0 Å². The molecule has 18 heavy (non-hydrogen) atoms. The number of ether oxygens (including phenoxy) is 1. The molecule has 0 heterocycles. The number of hydrogen-bond acceptors (Lipinski definition) is 4. The van der Waals surface area contributed by atoms with E-state index in [2.05, 4.69) is 5.32 Å². The first kappa shape index (κ1) is 12.4. The molecule has 0 aromatic heterocycles. The molecule has 1 aliphatic carbocycles. The van der Waals surface area contributed by atoms with Crippen LogP contribution in [-0.2, 0) is 9.53 Å². The van der Waals surface area contributed by atoms with Crippen LogP contribution < -0.4 is 11.1 Å². The molecule has 0 spiro atoms. The molecule has 5 heteroatoms. The molecular weight excluding hydrogens is 232 g/mol. The van der Waals surface area contributed by atoms with Gasteiger partial charge >= 0.3 is 5.97 Å². The number of hydrogen-bond donors (Lipinski definition) is 2. The first-order valence-electron chi connectivity index (χ1n) is 5.97. The van der Waals surface area contributed by atoms with E-state index < -0.39 is 5.97 Å². The van der Waals surface area contributed by atoms with Crippen molar-refractivity contribution in [1.29, 1.82) is 0 Å². The lowest BCUT2D eigenvalue weighted by atomic mass is 10.2. The number of amides is 1. The van der Waals surface area contributed by atoms with E-state index in [0.717, 1.165) is 12.8 Å². The fraction of sp³-hybridized carbons (Fsp3) is 0.385. The van der Waals surface area contributed by atoms with Gasteiger partial charge in [0.15, 0.2) is 0 Å². The standard InChI is InChI=1S/C13H16N2O3/c14-10-3-1-9(2-4-10)13(17)18-8-7-12(16)15-11-5-6-11/h1-4,11H,5-8,14H2,(H,15,16). The summed E-state index contributed by atoms with van der Waals surface area (Å²) in [5.74, 6) is -0.503. The molecule has 0 saturated heterocycles. The van der Waals surface area contributed by atoms with Gasteiger partial charge in [-0.3, -0.25) is 4.79 Å². The summed E-state index contributed by atoms with van der Waals surface area (Å²) < 4.78 is 5.00. The average molecular weight is 248 g/mol. The minimum Gasteiger partial charge on any atom is -0.462 e. The van der Waals surface area contributed by atoms with Gasteiger partial charge in [-0.2, -0.15) is 0 Å². The summed E-state index contributed by atoms with van der Waals surface area (Å²) in [6.07, 6.45) is 2.31. The van der Waals surface area contributed by atoms with Crippen LogP contribution >= 0.6 is 0 Å². The molecule has 1 aromatic carbocycles. The predicted molar refractivity (Wildman–Crippen MR) is 66.9 cm³/mol. The van der Waals surface area contributed by atoms with Crippen molar-refractivity contribution in [3.05, 3.63) is 29.8 Å². The summed E-state index contributed by atoms with van der Waals surface area (Å²) in [5, 5.41) is 2.83. The van der Waals surface area contributed by atoms with Gasteiger partial charge in [0.25, 0.3) is 0 Å². The van der Waals surface area contributed by atoms with Gasteiger partial charge in [0.1, 0.15) is 6.61 Å². The predicted octanol–water partition coefficient (Wildman–Crippen LogP) is 1.09. The van der Waals surface area contributed by atoms with Crippen molar-refractivity contribution in [2.75, 3.05) is 12.3 Å². The second-order valence-corrected chi connectivity index (χ2v) is 4.35. The average Bonchev–Trinajstić information content (AvgIpc) is 3.13. The van der Waals surface area contributed by atoms with E-state index in [9.17, 15) is 9.59 Å². The molecule has 0 unspecified atom stereocenters. The zero-order valence-electron chi connectivity index (χ0n) is 10.0. The fourth-order valence-corrected chi connectivity index (χ4v) is 1.47. The van der Waals surface area contributed by atoms with Crippen molar-refractivity contribution in [2.45, 2.75) is 25.3 Å². The highest BCUT2D eigenvalue weighted by Crippen LogP contribution is 2.18. The number of benzene rings is 1. The van der Waals surface area contributed by atoms with Crippen LogP contribution in [0.3, 0.4) is 0 Å². The molecule has 0 radical (unpaired) electrons. The lowest BCUT2D eigenvalue weighted by Gasteiger charge is -2.05. The molecule has 1 amide bonds. The Hall–Kier alpha value is -2.04. The second kappa shape index (κ2) is 5.53. The van der Waals surface area contributed by atoms with Gasteiger partial charge in [-0.15, -0.1) is 0 Å². The highest BCUT2D eigenvalue weighted by atomic mass is 16.5. The lowest BCUT2D eigenvalue weighted by molar-refractivity contribution is -0.121. The van der Waals surface area contributed by atoms with E-state index in [4.69, 9.17) is 10.5 Å². The summed E-state index contributed by atoms with van der Waals surface area (Å²) in [4.78, 5) is 22.9. The molecule has 2 rings (SSSR count). The zero-order chi connectivity index (χ0) is 13.0. The number of carbonyl (C=O) groups excluding carboxylic acids is 2. The third kappa shape index (κ3) is 3.76. The zero-order valence-corrected chi connectivity index (χ0v) is 10.0. The summed E-state index contributed by atoms with van der Waals surface area (Å²) in [6, 6.07) is 6.81. The van der Waals surface area contributed by atoms with Crippen molar-refractivity contribution in [3.63, 3.8) is 0 Å². The van der Waals surface area contributed by atoms with Crippen LogP contribution in [0.2, 0.25) is 0 Å². The van der Waals surface area contributed by atoms with Crippen molar-refractivity contribution in [3.8, 4) is 0 Å². The number of nitrogen functional groups attached to an aromatic ring is 1. The summed E-state index contributed by atoms with van der Waals surface area (Å²) in [7, 11) is 0. The molecule has 3 N–H and O–H groups in total. The maximum Gasteiger partial charge on any atom is 0.338 e. The van der Waals surface area contributed by atoms with Crippen LogP contribution in [0.1, 0.15) is 29.6 Å². The van der Waals surface area contributed by atoms with E-state index in [1.54, 1.807) is 24.3 Å². The summed E-state index contributed by atoms with van der Waals surface area (Å²) >= 11 is 0. The molecule has 1 fully saturated rings. The van der Waals surface area contributed by atoms with Gasteiger partial charge < -0.3 is 15.8 Å². The normalized spacial score (nSPS) is 14.0. The lowest BCUT2D eigenvalue weighted by Crippen LogP contribution is -2.26. The molecule has 0 bridgehead atoms. The topological polar surface area (TPSA) is 81.4 Å². The first-order valence-corrected chi connectivity index (χ1v) is 5.97. The fourth-order valence-electron chi connectivity index (χ4n) is 1.47. The smallest absolute Gasteiger partial charge is 0.338 e. The highest BCUT2D eigenvalue weighted by molar-refractivity contribution is 5.90. The van der Waals surface area contributed by atoms with E-state index in [-0.39, 0.29) is 18.9 Å². The number of nitrogens with two attached hydrogens (primary N) is 1. The van der Waals surface area contributed by atoms with Crippen molar-refractivity contribution in [1.82, 2.24) is 5.32 Å². The number of carbonyl (C=O) groups is 2. The van der Waals surface area contributed by atoms with Crippen molar-refractivity contribution < 1.29 is 14.3 Å². The third-order valence-corrected chi connectivity index (χ3v) is 2.65. The van der Waals surface area contributed by atoms with Gasteiger partial charge in [-0.25, -0.2) is 4.79 Å². The maximum atomic E-state index is 11.6. The quantitative estimate of drug-likeness (QED) is 0.603. The Morgan fingerprint density at radius 2 is 1.94 bits per heavy atom. The van der Waals surface area contributed by atoms with Crippen LogP contribution in [0.5, 0.6) is 0 Å². The third-order valence-electron chi connectivity index (χ3n) is 2.65. The molecule has 1 saturated carbocycles. The summed E-state index contributed by atoms with van der Waals surface area (Å²) in [5.41, 5.74) is 6.54. The largest absolute Gasteiger partial charge is 0.462 e. The molecule has 96 valence electrons. The van der Waals surface area contributed by atoms with Crippen LogP contribution in [0.15, 0.2) is 24.3 Å². The van der Waals surface area contributed by atoms with Gasteiger partial charge in [0, 0.05) is 11.7 Å². The summed E-state index contributed by atoms with van der Waals surface area (Å²) in [6.45, 7) is 0.0990. The van der Waals surface area contributed by atoms with Crippen molar-refractivity contribution >= 4 is 17.6 Å². The minimum absolute atomic E-state index is 0.0670. The van der Waals surface area contributed by atoms with Crippen molar-refractivity contribution in [2.24, 2.45) is 0 Å². The minimum atomic E-state index is -0.436. The number of nitrogens with one attached hydrogen (secondary N) is 1. The molecule has 0 aliphatic heterocycles. The van der Waals surface area contributed by atoms with Gasteiger partial charge in [0.05, 0.1) is 12.0 Å². The monoisotopic (exact) mass is 248 g/mol. The van der Waals surface area contributed by atoms with Crippen LogP contribution in [0, 0.1) is 0 Å². The molecule has 1 aromatic rings. The Kier molecular flexibility index (Phi) is 3.82. The molecule has 1 aliphatic rings. The first-order chi connectivity index (χ1) is 8.65. The Labute approximate surface area is 105 Å². The highest BCUT2D eigenvalue weighted by Gasteiger charge is 2.23.